The second-order valence-electron chi connectivity index (χ2n) is 7.04. The molecule has 4 rings (SSSR count). The number of hydrogen-bond donors (Lipinski definition) is 1. The molecule has 2 aromatic rings. The minimum absolute atomic E-state index is 0.0174. The van der Waals surface area contributed by atoms with E-state index >= 15 is 0 Å². The van der Waals surface area contributed by atoms with E-state index in [1.807, 2.05) is 36.6 Å². The molecule has 1 amide bonds. The summed E-state index contributed by atoms with van der Waals surface area (Å²) >= 11 is 0. The molecule has 0 saturated heterocycles. The van der Waals surface area contributed by atoms with Gasteiger partial charge in [0.15, 0.2) is 5.65 Å². The number of nitrogens with zero attached hydrogens (tertiary/aromatic N) is 3. The molecule has 2 aromatic heterocycles. The fourth-order valence-electron chi connectivity index (χ4n) is 4.47. The largest absolute Gasteiger partial charge is 0.378 e. The van der Waals surface area contributed by atoms with E-state index in [0.717, 1.165) is 37.3 Å². The van der Waals surface area contributed by atoms with Crippen LogP contribution in [0.4, 0.5) is 0 Å². The van der Waals surface area contributed by atoms with E-state index in [1.54, 1.807) is 0 Å². The van der Waals surface area contributed by atoms with Gasteiger partial charge in [-0.2, -0.15) is 0 Å². The van der Waals surface area contributed by atoms with Crippen molar-refractivity contribution in [3.05, 3.63) is 29.7 Å². The Morgan fingerprint density at radius 3 is 2.92 bits per heavy atom. The minimum Gasteiger partial charge on any atom is -0.378 e. The molecule has 0 aromatic carbocycles. The summed E-state index contributed by atoms with van der Waals surface area (Å²) in [6.07, 6.45) is 7.84. The van der Waals surface area contributed by atoms with Crippen LogP contribution in [-0.2, 0) is 4.74 Å². The molecule has 0 unspecified atom stereocenters. The molecule has 2 aliphatic carbocycles. The predicted octanol–water partition coefficient (Wildman–Crippen LogP) is 2.51. The third-order valence-electron chi connectivity index (χ3n) is 5.83. The molecule has 2 fully saturated rings. The summed E-state index contributed by atoms with van der Waals surface area (Å²) in [5.74, 6) is 0.767. The highest BCUT2D eigenvalue weighted by atomic mass is 16.5. The summed E-state index contributed by atoms with van der Waals surface area (Å²) in [5.41, 5.74) is 1.57. The SMILES string of the molecule is CCO[C@@H]1C[C@@H](NC(=O)c2ccc3nnc(C)n3c2)C12CCCC2. The third kappa shape index (κ3) is 2.32. The molecule has 128 valence electrons. The minimum atomic E-state index is -0.0174. The Bertz CT molecular complexity index is 763. The van der Waals surface area contributed by atoms with Gasteiger partial charge >= 0.3 is 0 Å². The lowest BCUT2D eigenvalue weighted by Gasteiger charge is -2.54. The van der Waals surface area contributed by atoms with E-state index in [4.69, 9.17) is 4.74 Å². The number of amides is 1. The molecular weight excluding hydrogens is 304 g/mol. The maximum absolute atomic E-state index is 12.7. The normalized spacial score (nSPS) is 25.1. The number of aromatic nitrogens is 3. The van der Waals surface area contributed by atoms with Crippen molar-refractivity contribution in [2.24, 2.45) is 5.41 Å². The quantitative estimate of drug-likeness (QED) is 0.936. The van der Waals surface area contributed by atoms with Crippen LogP contribution < -0.4 is 5.32 Å². The van der Waals surface area contributed by atoms with Crippen molar-refractivity contribution in [1.82, 2.24) is 19.9 Å². The lowest BCUT2D eigenvalue weighted by Crippen LogP contribution is -2.63. The number of carbonyl (C=O) groups excluding carboxylic acids is 1. The summed E-state index contributed by atoms with van der Waals surface area (Å²) in [7, 11) is 0. The van der Waals surface area contributed by atoms with Crippen LogP contribution >= 0.6 is 0 Å². The van der Waals surface area contributed by atoms with Crippen molar-refractivity contribution in [3.63, 3.8) is 0 Å². The highest BCUT2D eigenvalue weighted by Crippen LogP contribution is 2.54. The number of aryl methyl sites for hydroxylation is 1. The summed E-state index contributed by atoms with van der Waals surface area (Å²) in [6.45, 7) is 4.68. The summed E-state index contributed by atoms with van der Waals surface area (Å²) < 4.78 is 7.78. The van der Waals surface area contributed by atoms with Crippen LogP contribution in [0.15, 0.2) is 18.3 Å². The molecule has 1 spiro atoms. The van der Waals surface area contributed by atoms with Crippen LogP contribution in [0.3, 0.4) is 0 Å². The van der Waals surface area contributed by atoms with Gasteiger partial charge < -0.3 is 10.1 Å². The Balaban J connectivity index is 1.52. The number of ether oxygens (including phenoxy) is 1. The zero-order valence-corrected chi connectivity index (χ0v) is 14.3. The highest BCUT2D eigenvalue weighted by molar-refractivity contribution is 5.94. The molecule has 6 heteroatoms. The number of carbonyl (C=O) groups is 1. The molecule has 2 heterocycles. The second-order valence-corrected chi connectivity index (χ2v) is 7.04. The highest BCUT2D eigenvalue weighted by Gasteiger charge is 2.57. The lowest BCUT2D eigenvalue weighted by molar-refractivity contribution is -0.127. The zero-order chi connectivity index (χ0) is 16.7. The summed E-state index contributed by atoms with van der Waals surface area (Å²) in [6, 6.07) is 3.88. The van der Waals surface area contributed by atoms with E-state index in [-0.39, 0.29) is 17.4 Å². The Kier molecular flexibility index (Phi) is 3.79. The first-order valence-corrected chi connectivity index (χ1v) is 8.88. The van der Waals surface area contributed by atoms with Gasteiger partial charge in [-0.05, 0) is 45.2 Å². The molecule has 24 heavy (non-hydrogen) atoms. The van der Waals surface area contributed by atoms with Gasteiger partial charge in [0.1, 0.15) is 5.82 Å². The van der Waals surface area contributed by atoms with Crippen molar-refractivity contribution in [3.8, 4) is 0 Å². The van der Waals surface area contributed by atoms with Crippen molar-refractivity contribution >= 4 is 11.6 Å². The van der Waals surface area contributed by atoms with Gasteiger partial charge in [0.25, 0.3) is 5.91 Å². The molecule has 0 bridgehead atoms. The van der Waals surface area contributed by atoms with Crippen molar-refractivity contribution in [2.45, 2.75) is 58.1 Å². The second kappa shape index (κ2) is 5.84. The van der Waals surface area contributed by atoms with Crippen molar-refractivity contribution in [1.29, 1.82) is 0 Å². The molecule has 1 N–H and O–H groups in total. The van der Waals surface area contributed by atoms with Gasteiger partial charge in [0.05, 0.1) is 11.7 Å². The fraction of sp³-hybridized carbons (Fsp3) is 0.611. The van der Waals surface area contributed by atoms with Gasteiger partial charge in [-0.25, -0.2) is 0 Å². The number of rotatable bonds is 4. The maximum Gasteiger partial charge on any atom is 0.253 e. The Hall–Kier alpha value is -1.95. The standard InChI is InChI=1S/C18H24N4O2/c1-3-24-15-10-14(18(15)8-4-5-9-18)19-17(23)13-6-7-16-21-20-12(2)22(16)11-13/h6-7,11,14-15H,3-5,8-10H2,1-2H3,(H,19,23)/t14-,15-/m1/s1. The maximum atomic E-state index is 12.7. The van der Waals surface area contributed by atoms with Gasteiger partial charge in [-0.15, -0.1) is 10.2 Å². The van der Waals surface area contributed by atoms with Crippen LogP contribution in [0, 0.1) is 12.3 Å². The van der Waals surface area contributed by atoms with Crippen LogP contribution in [-0.4, -0.2) is 39.3 Å². The topological polar surface area (TPSA) is 68.5 Å². The smallest absolute Gasteiger partial charge is 0.253 e. The predicted molar refractivity (Wildman–Crippen MR) is 89.9 cm³/mol. The van der Waals surface area contributed by atoms with Crippen LogP contribution in [0.25, 0.3) is 5.65 Å². The Morgan fingerprint density at radius 2 is 2.17 bits per heavy atom. The molecule has 0 aliphatic heterocycles. The Morgan fingerprint density at radius 1 is 1.38 bits per heavy atom. The molecule has 2 atom stereocenters. The van der Waals surface area contributed by atoms with Crippen LogP contribution in [0.5, 0.6) is 0 Å². The zero-order valence-electron chi connectivity index (χ0n) is 14.3. The Labute approximate surface area is 141 Å². The van der Waals surface area contributed by atoms with E-state index in [2.05, 4.69) is 15.5 Å². The first-order valence-electron chi connectivity index (χ1n) is 8.88. The molecular formula is C18H24N4O2. The molecule has 0 radical (unpaired) electrons. The van der Waals surface area contributed by atoms with E-state index in [0.29, 0.717) is 11.7 Å². The summed E-state index contributed by atoms with van der Waals surface area (Å²) in [4.78, 5) is 12.7. The fourth-order valence-corrected chi connectivity index (χ4v) is 4.47. The average Bonchev–Trinajstić information content (AvgIpc) is 3.23. The van der Waals surface area contributed by atoms with Crippen molar-refractivity contribution < 1.29 is 9.53 Å². The number of fused-ring (bicyclic) bond motifs is 1. The number of hydrogen-bond acceptors (Lipinski definition) is 4. The van der Waals surface area contributed by atoms with Gasteiger partial charge in [0.2, 0.25) is 0 Å². The number of nitrogens with one attached hydrogen (secondary N) is 1. The van der Waals surface area contributed by atoms with E-state index < -0.39 is 0 Å². The first kappa shape index (κ1) is 15.6. The average molecular weight is 328 g/mol. The van der Waals surface area contributed by atoms with Crippen LogP contribution in [0.2, 0.25) is 0 Å². The van der Waals surface area contributed by atoms with E-state index in [1.165, 1.54) is 12.8 Å². The molecule has 2 saturated carbocycles. The number of pyridine rings is 1. The van der Waals surface area contributed by atoms with Gasteiger partial charge in [-0.3, -0.25) is 9.20 Å². The molecule has 6 nitrogen and oxygen atoms in total. The third-order valence-corrected chi connectivity index (χ3v) is 5.83. The molecule has 2 aliphatic rings. The van der Waals surface area contributed by atoms with Gasteiger partial charge in [0, 0.05) is 24.3 Å². The van der Waals surface area contributed by atoms with Crippen LogP contribution in [0.1, 0.15) is 55.2 Å². The van der Waals surface area contributed by atoms with Gasteiger partial charge in [-0.1, -0.05) is 12.8 Å². The van der Waals surface area contributed by atoms with E-state index in [9.17, 15) is 4.79 Å². The lowest BCUT2D eigenvalue weighted by atomic mass is 9.60. The first-order chi connectivity index (χ1) is 11.6. The monoisotopic (exact) mass is 328 g/mol. The van der Waals surface area contributed by atoms with Crippen molar-refractivity contribution in [2.75, 3.05) is 6.61 Å². The summed E-state index contributed by atoms with van der Waals surface area (Å²) in [5, 5.41) is 11.4.